The maximum Gasteiger partial charge on any atom is 0.0951 e. The smallest absolute Gasteiger partial charge is 0.0951 e. The molecule has 0 saturated carbocycles. The Kier molecular flexibility index (Phi) is 6.89. The van der Waals surface area contributed by atoms with Gasteiger partial charge >= 0.3 is 0 Å². The molecule has 110 valence electrons. The minimum absolute atomic E-state index is 0.238. The van der Waals surface area contributed by atoms with Crippen molar-refractivity contribution in [2.75, 3.05) is 25.6 Å². The number of thioether (sulfide) groups is 1. The van der Waals surface area contributed by atoms with Crippen LogP contribution in [0.15, 0.2) is 12.5 Å². The van der Waals surface area contributed by atoms with Crippen molar-refractivity contribution in [1.82, 2.24) is 14.5 Å². The fraction of sp³-hybridized carbons (Fsp3) is 0.786. The second-order valence-electron chi connectivity index (χ2n) is 5.25. The SMILES string of the molecule is CCC(CSC)N(C)C(CN)c1cncn1C(C)C. The number of hydrogen-bond donors (Lipinski definition) is 1. The van der Waals surface area contributed by atoms with Crippen molar-refractivity contribution in [3.05, 3.63) is 18.2 Å². The summed E-state index contributed by atoms with van der Waals surface area (Å²) in [5.74, 6) is 1.14. The summed E-state index contributed by atoms with van der Waals surface area (Å²) in [6, 6.07) is 1.21. The Bertz CT molecular complexity index is 364. The van der Waals surface area contributed by atoms with Gasteiger partial charge in [0.1, 0.15) is 0 Å². The van der Waals surface area contributed by atoms with E-state index in [0.29, 0.717) is 18.6 Å². The topological polar surface area (TPSA) is 47.1 Å². The Morgan fingerprint density at radius 1 is 1.47 bits per heavy atom. The van der Waals surface area contributed by atoms with Crippen LogP contribution in [0.1, 0.15) is 45.0 Å². The first kappa shape index (κ1) is 16.5. The van der Waals surface area contributed by atoms with Crippen LogP contribution in [0.5, 0.6) is 0 Å². The molecule has 5 heteroatoms. The Hall–Kier alpha value is -0.520. The molecule has 1 aromatic rings. The summed E-state index contributed by atoms with van der Waals surface area (Å²) >= 11 is 1.89. The van der Waals surface area contributed by atoms with Crippen molar-refractivity contribution in [2.45, 2.75) is 45.3 Å². The van der Waals surface area contributed by atoms with Crippen LogP contribution in [0.3, 0.4) is 0 Å². The third kappa shape index (κ3) is 3.97. The van der Waals surface area contributed by atoms with E-state index in [2.05, 4.69) is 48.5 Å². The van der Waals surface area contributed by atoms with Crippen molar-refractivity contribution in [2.24, 2.45) is 5.73 Å². The molecule has 1 heterocycles. The van der Waals surface area contributed by atoms with E-state index in [9.17, 15) is 0 Å². The van der Waals surface area contributed by atoms with Crippen LogP contribution in [-0.4, -0.2) is 46.1 Å². The molecule has 0 radical (unpaired) electrons. The van der Waals surface area contributed by atoms with E-state index in [1.807, 2.05) is 24.3 Å². The Balaban J connectivity index is 2.95. The molecule has 0 aliphatic rings. The van der Waals surface area contributed by atoms with E-state index in [1.54, 1.807) is 0 Å². The molecule has 0 fully saturated rings. The fourth-order valence-electron chi connectivity index (χ4n) is 2.47. The zero-order chi connectivity index (χ0) is 14.4. The highest BCUT2D eigenvalue weighted by atomic mass is 32.2. The molecule has 0 saturated heterocycles. The second kappa shape index (κ2) is 7.92. The summed E-state index contributed by atoms with van der Waals surface area (Å²) in [5.41, 5.74) is 7.25. The fourth-order valence-corrected chi connectivity index (χ4v) is 3.33. The van der Waals surface area contributed by atoms with Crippen LogP contribution >= 0.6 is 11.8 Å². The van der Waals surface area contributed by atoms with Crippen LogP contribution in [0.4, 0.5) is 0 Å². The standard InChI is InChI=1S/C14H28N4S/c1-6-12(9-19-5)17(4)13(7-15)14-8-16-10-18(14)11(2)3/h8,10-13H,6-7,9,15H2,1-5H3. The predicted molar refractivity (Wildman–Crippen MR) is 84.6 cm³/mol. The van der Waals surface area contributed by atoms with Crippen molar-refractivity contribution in [1.29, 1.82) is 0 Å². The Morgan fingerprint density at radius 2 is 2.16 bits per heavy atom. The van der Waals surface area contributed by atoms with Crippen LogP contribution in [0.2, 0.25) is 0 Å². The molecule has 0 aromatic carbocycles. The van der Waals surface area contributed by atoms with Gasteiger partial charge in [0.25, 0.3) is 0 Å². The quantitative estimate of drug-likeness (QED) is 0.797. The lowest BCUT2D eigenvalue weighted by Gasteiger charge is -2.34. The number of rotatable bonds is 8. The van der Waals surface area contributed by atoms with E-state index in [1.165, 1.54) is 5.69 Å². The third-order valence-corrected chi connectivity index (χ3v) is 4.43. The largest absolute Gasteiger partial charge is 0.331 e. The lowest BCUT2D eigenvalue weighted by atomic mass is 10.1. The molecule has 0 bridgehead atoms. The summed E-state index contributed by atoms with van der Waals surface area (Å²) in [5, 5.41) is 0. The van der Waals surface area contributed by atoms with Gasteiger partial charge in [0.2, 0.25) is 0 Å². The van der Waals surface area contributed by atoms with Crippen molar-refractivity contribution in [3.8, 4) is 0 Å². The first-order valence-electron chi connectivity index (χ1n) is 6.99. The normalized spacial score (nSPS) is 15.2. The van der Waals surface area contributed by atoms with Gasteiger partial charge in [-0.05, 0) is 33.6 Å². The zero-order valence-electron chi connectivity index (χ0n) is 12.8. The van der Waals surface area contributed by atoms with Crippen molar-refractivity contribution < 1.29 is 0 Å². The van der Waals surface area contributed by atoms with Gasteiger partial charge in [-0.2, -0.15) is 11.8 Å². The number of hydrogen-bond acceptors (Lipinski definition) is 4. The summed E-state index contributed by atoms with van der Waals surface area (Å²) in [4.78, 5) is 6.71. The maximum absolute atomic E-state index is 6.03. The lowest BCUT2D eigenvalue weighted by Crippen LogP contribution is -2.40. The number of imidazole rings is 1. The predicted octanol–water partition coefficient (Wildman–Crippen LogP) is 2.54. The first-order valence-corrected chi connectivity index (χ1v) is 8.38. The number of nitrogens with two attached hydrogens (primary N) is 1. The molecule has 2 N–H and O–H groups in total. The molecule has 1 rings (SSSR count). The third-order valence-electron chi connectivity index (χ3n) is 3.71. The molecule has 2 unspecified atom stereocenters. The highest BCUT2D eigenvalue weighted by Gasteiger charge is 2.25. The average Bonchev–Trinajstić information content (AvgIpc) is 2.86. The van der Waals surface area contributed by atoms with Gasteiger partial charge in [0, 0.05) is 30.6 Å². The van der Waals surface area contributed by atoms with E-state index < -0.39 is 0 Å². The maximum atomic E-state index is 6.03. The molecule has 0 spiro atoms. The summed E-state index contributed by atoms with van der Waals surface area (Å²) in [6.45, 7) is 7.22. The van der Waals surface area contributed by atoms with Gasteiger partial charge in [-0.3, -0.25) is 4.90 Å². The highest BCUT2D eigenvalue weighted by molar-refractivity contribution is 7.98. The second-order valence-corrected chi connectivity index (χ2v) is 6.16. The zero-order valence-corrected chi connectivity index (χ0v) is 13.7. The average molecular weight is 284 g/mol. The minimum atomic E-state index is 0.238. The Morgan fingerprint density at radius 3 is 2.63 bits per heavy atom. The van der Waals surface area contributed by atoms with Crippen LogP contribution in [0.25, 0.3) is 0 Å². The lowest BCUT2D eigenvalue weighted by molar-refractivity contribution is 0.180. The Labute approximate surface area is 121 Å². The molecule has 0 amide bonds. The number of likely N-dealkylation sites (N-methyl/N-ethyl adjacent to an activating group) is 1. The molecule has 0 aliphatic carbocycles. The van der Waals surface area contributed by atoms with Gasteiger partial charge in [0.05, 0.1) is 18.1 Å². The number of aromatic nitrogens is 2. The minimum Gasteiger partial charge on any atom is -0.331 e. The van der Waals surface area contributed by atoms with E-state index in [4.69, 9.17) is 5.73 Å². The molecular weight excluding hydrogens is 256 g/mol. The summed E-state index contributed by atoms with van der Waals surface area (Å²) < 4.78 is 2.22. The number of nitrogens with zero attached hydrogens (tertiary/aromatic N) is 3. The van der Waals surface area contributed by atoms with Crippen LogP contribution in [-0.2, 0) is 0 Å². The molecule has 2 atom stereocenters. The molecular formula is C14H28N4S. The van der Waals surface area contributed by atoms with Gasteiger partial charge in [-0.1, -0.05) is 6.92 Å². The molecule has 1 aromatic heterocycles. The van der Waals surface area contributed by atoms with Crippen molar-refractivity contribution >= 4 is 11.8 Å². The van der Waals surface area contributed by atoms with Gasteiger partial charge < -0.3 is 10.3 Å². The highest BCUT2D eigenvalue weighted by Crippen LogP contribution is 2.24. The van der Waals surface area contributed by atoms with Gasteiger partial charge in [0.15, 0.2) is 0 Å². The summed E-state index contributed by atoms with van der Waals surface area (Å²) in [7, 11) is 2.18. The van der Waals surface area contributed by atoms with Crippen LogP contribution < -0.4 is 5.73 Å². The molecule has 19 heavy (non-hydrogen) atoms. The summed E-state index contributed by atoms with van der Waals surface area (Å²) in [6.07, 6.45) is 7.17. The van der Waals surface area contributed by atoms with E-state index >= 15 is 0 Å². The van der Waals surface area contributed by atoms with Crippen LogP contribution in [0, 0.1) is 0 Å². The molecule has 4 nitrogen and oxygen atoms in total. The molecule has 0 aliphatic heterocycles. The van der Waals surface area contributed by atoms with Gasteiger partial charge in [-0.25, -0.2) is 4.98 Å². The van der Waals surface area contributed by atoms with Gasteiger partial charge in [-0.15, -0.1) is 0 Å². The van der Waals surface area contributed by atoms with E-state index in [-0.39, 0.29) is 6.04 Å². The first-order chi connectivity index (χ1) is 9.06. The monoisotopic (exact) mass is 284 g/mol. The van der Waals surface area contributed by atoms with Crippen molar-refractivity contribution in [3.63, 3.8) is 0 Å². The van der Waals surface area contributed by atoms with E-state index in [0.717, 1.165) is 12.2 Å².